The van der Waals surface area contributed by atoms with Crippen LogP contribution in [-0.2, 0) is 4.74 Å². The van der Waals surface area contributed by atoms with Crippen LogP contribution < -0.4 is 4.74 Å². The quantitative estimate of drug-likeness (QED) is 0.481. The van der Waals surface area contributed by atoms with Gasteiger partial charge in [-0.15, -0.1) is 0 Å². The van der Waals surface area contributed by atoms with E-state index in [-0.39, 0.29) is 0 Å². The standard InChI is InChI=1S/C11H6F5NO3S/c1-19-9(18)7-6(21-11(14,15)16)3-2-5(4-17)8(7)20-10(12)13/h2-3,10H,1H3. The van der Waals surface area contributed by atoms with Gasteiger partial charge in [-0.25, -0.2) is 4.79 Å². The van der Waals surface area contributed by atoms with Gasteiger partial charge in [0, 0.05) is 4.90 Å². The van der Waals surface area contributed by atoms with Crippen molar-refractivity contribution in [1.29, 1.82) is 5.26 Å². The second kappa shape index (κ2) is 6.62. The Kier molecular flexibility index (Phi) is 5.37. The molecule has 0 saturated heterocycles. The van der Waals surface area contributed by atoms with E-state index in [1.807, 2.05) is 0 Å². The highest BCUT2D eigenvalue weighted by Gasteiger charge is 2.34. The molecule has 0 N–H and O–H groups in total. The normalized spacial score (nSPS) is 11.1. The smallest absolute Gasteiger partial charge is 0.446 e. The first kappa shape index (κ1) is 17.0. The van der Waals surface area contributed by atoms with Crippen LogP contribution in [0.1, 0.15) is 15.9 Å². The average molecular weight is 327 g/mol. The van der Waals surface area contributed by atoms with Crippen molar-refractivity contribution >= 4 is 17.7 Å². The topological polar surface area (TPSA) is 59.3 Å². The summed E-state index contributed by atoms with van der Waals surface area (Å²) in [6.07, 6.45) is 0. The van der Waals surface area contributed by atoms with Crippen molar-refractivity contribution in [3.8, 4) is 11.8 Å². The van der Waals surface area contributed by atoms with Gasteiger partial charge < -0.3 is 9.47 Å². The Hall–Kier alpha value is -2.02. The zero-order valence-corrected chi connectivity index (χ0v) is 11.0. The lowest BCUT2D eigenvalue weighted by Gasteiger charge is -2.15. The van der Waals surface area contributed by atoms with Crippen molar-refractivity contribution in [2.45, 2.75) is 17.0 Å². The average Bonchev–Trinajstić information content (AvgIpc) is 2.36. The maximum absolute atomic E-state index is 12.4. The fourth-order valence-corrected chi connectivity index (χ4v) is 2.03. The summed E-state index contributed by atoms with van der Waals surface area (Å²) in [5.41, 5.74) is -6.15. The van der Waals surface area contributed by atoms with Crippen molar-refractivity contribution in [2.75, 3.05) is 7.11 Å². The molecule has 10 heteroatoms. The highest BCUT2D eigenvalue weighted by atomic mass is 32.2. The molecule has 0 saturated carbocycles. The lowest BCUT2D eigenvalue weighted by Crippen LogP contribution is -2.13. The number of carbonyl (C=O) groups excluding carboxylic acids is 1. The van der Waals surface area contributed by atoms with Gasteiger partial charge in [-0.2, -0.15) is 27.2 Å². The Labute approximate surface area is 119 Å². The van der Waals surface area contributed by atoms with E-state index in [9.17, 15) is 26.7 Å². The van der Waals surface area contributed by atoms with E-state index >= 15 is 0 Å². The number of methoxy groups -OCH3 is 1. The maximum atomic E-state index is 12.4. The molecule has 0 aliphatic heterocycles. The van der Waals surface area contributed by atoms with Gasteiger partial charge >= 0.3 is 18.1 Å². The number of benzene rings is 1. The number of thioether (sulfide) groups is 1. The van der Waals surface area contributed by atoms with Crippen molar-refractivity contribution in [3.63, 3.8) is 0 Å². The van der Waals surface area contributed by atoms with E-state index in [0.29, 0.717) is 0 Å². The molecule has 1 aromatic rings. The minimum Gasteiger partial charge on any atom is -0.465 e. The van der Waals surface area contributed by atoms with E-state index in [0.717, 1.165) is 19.2 Å². The molecule has 0 atom stereocenters. The third-order valence-electron chi connectivity index (χ3n) is 2.06. The molecule has 0 radical (unpaired) electrons. The number of nitrogens with zero attached hydrogens (tertiary/aromatic N) is 1. The van der Waals surface area contributed by atoms with Crippen molar-refractivity contribution < 1.29 is 36.2 Å². The molecule has 0 spiro atoms. The molecule has 0 unspecified atom stereocenters. The Morgan fingerprint density at radius 2 is 2.00 bits per heavy atom. The van der Waals surface area contributed by atoms with Gasteiger partial charge in [-0.3, -0.25) is 0 Å². The van der Waals surface area contributed by atoms with Gasteiger partial charge in [0.15, 0.2) is 5.75 Å². The van der Waals surface area contributed by atoms with Gasteiger partial charge in [-0.05, 0) is 23.9 Å². The van der Waals surface area contributed by atoms with Crippen molar-refractivity contribution in [2.24, 2.45) is 0 Å². The first-order valence-corrected chi connectivity index (χ1v) is 5.87. The van der Waals surface area contributed by atoms with E-state index in [1.165, 1.54) is 6.07 Å². The second-order valence-corrected chi connectivity index (χ2v) is 4.45. The number of nitriles is 1. The van der Waals surface area contributed by atoms with Crippen molar-refractivity contribution in [1.82, 2.24) is 0 Å². The zero-order chi connectivity index (χ0) is 16.2. The molecular weight excluding hydrogens is 321 g/mol. The summed E-state index contributed by atoms with van der Waals surface area (Å²) in [6.45, 7) is -3.42. The fraction of sp³-hybridized carbons (Fsp3) is 0.273. The van der Waals surface area contributed by atoms with E-state index in [1.54, 1.807) is 0 Å². The molecule has 0 heterocycles. The van der Waals surface area contributed by atoms with Crippen LogP contribution in [0.5, 0.6) is 5.75 Å². The second-order valence-electron chi connectivity index (χ2n) is 3.35. The Morgan fingerprint density at radius 3 is 2.43 bits per heavy atom. The predicted octanol–water partition coefficient (Wildman–Crippen LogP) is 3.56. The predicted molar refractivity (Wildman–Crippen MR) is 61.0 cm³/mol. The summed E-state index contributed by atoms with van der Waals surface area (Å²) in [4.78, 5) is 10.8. The molecule has 1 aromatic carbocycles. The SMILES string of the molecule is COC(=O)c1c(SC(F)(F)F)ccc(C#N)c1OC(F)F. The van der Waals surface area contributed by atoms with E-state index in [4.69, 9.17) is 5.26 Å². The third-order valence-corrected chi connectivity index (χ3v) is 2.85. The molecule has 0 fully saturated rings. The molecule has 0 aliphatic carbocycles. The number of alkyl halides is 5. The van der Waals surface area contributed by atoms with Crippen LogP contribution >= 0.6 is 11.8 Å². The molecule has 0 bridgehead atoms. The lowest BCUT2D eigenvalue weighted by molar-refractivity contribution is -0.0507. The molecular formula is C11H6F5NO3S. The van der Waals surface area contributed by atoms with Crippen LogP contribution in [0.15, 0.2) is 17.0 Å². The Bertz CT molecular complexity index is 582. The summed E-state index contributed by atoms with van der Waals surface area (Å²) in [5.74, 6) is -2.27. The zero-order valence-electron chi connectivity index (χ0n) is 10.2. The largest absolute Gasteiger partial charge is 0.465 e. The van der Waals surface area contributed by atoms with Crippen LogP contribution in [-0.4, -0.2) is 25.2 Å². The summed E-state index contributed by atoms with van der Waals surface area (Å²) in [5, 5.41) is 8.78. The monoisotopic (exact) mass is 327 g/mol. The van der Waals surface area contributed by atoms with Gasteiger partial charge in [-0.1, -0.05) is 0 Å². The Balaban J connectivity index is 3.52. The third kappa shape index (κ3) is 4.49. The summed E-state index contributed by atoms with van der Waals surface area (Å²) < 4.78 is 70.2. The highest BCUT2D eigenvalue weighted by molar-refractivity contribution is 8.00. The minimum atomic E-state index is -4.76. The van der Waals surface area contributed by atoms with Crippen LogP contribution in [0.25, 0.3) is 0 Å². The minimum absolute atomic E-state index is 0.512. The first-order valence-electron chi connectivity index (χ1n) is 5.05. The number of ether oxygens (including phenoxy) is 2. The van der Waals surface area contributed by atoms with Crippen molar-refractivity contribution in [3.05, 3.63) is 23.3 Å². The van der Waals surface area contributed by atoms with Crippen LogP contribution in [0.4, 0.5) is 22.0 Å². The number of rotatable bonds is 4. The Morgan fingerprint density at radius 1 is 1.38 bits per heavy atom. The number of hydrogen-bond acceptors (Lipinski definition) is 5. The lowest BCUT2D eigenvalue weighted by atomic mass is 10.1. The first-order chi connectivity index (χ1) is 9.69. The molecule has 0 amide bonds. The number of esters is 1. The van der Waals surface area contributed by atoms with Crippen LogP contribution in [0, 0.1) is 11.3 Å². The van der Waals surface area contributed by atoms with Gasteiger partial charge in [0.2, 0.25) is 0 Å². The fourth-order valence-electron chi connectivity index (χ4n) is 1.37. The van der Waals surface area contributed by atoms with Gasteiger partial charge in [0.05, 0.1) is 12.7 Å². The molecule has 4 nitrogen and oxygen atoms in total. The highest BCUT2D eigenvalue weighted by Crippen LogP contribution is 2.42. The van der Waals surface area contributed by atoms with Gasteiger partial charge in [0.25, 0.3) is 0 Å². The van der Waals surface area contributed by atoms with Gasteiger partial charge in [0.1, 0.15) is 11.6 Å². The molecule has 21 heavy (non-hydrogen) atoms. The number of halogens is 5. The molecule has 114 valence electrons. The van der Waals surface area contributed by atoms with Crippen LogP contribution in [0.3, 0.4) is 0 Å². The summed E-state index contributed by atoms with van der Waals surface area (Å²) in [6, 6.07) is 3.11. The summed E-state index contributed by atoms with van der Waals surface area (Å²) >= 11 is -0.704. The summed E-state index contributed by atoms with van der Waals surface area (Å²) in [7, 11) is 0.857. The number of carbonyl (C=O) groups is 1. The number of hydrogen-bond donors (Lipinski definition) is 0. The van der Waals surface area contributed by atoms with E-state index < -0.39 is 51.6 Å². The van der Waals surface area contributed by atoms with Crippen LogP contribution in [0.2, 0.25) is 0 Å². The maximum Gasteiger partial charge on any atom is 0.446 e. The molecule has 0 aromatic heterocycles. The molecule has 0 aliphatic rings. The van der Waals surface area contributed by atoms with E-state index in [2.05, 4.69) is 9.47 Å². The molecule has 1 rings (SSSR count).